The minimum Gasteiger partial charge on any atom is -0.371 e. The maximum atomic E-state index is 6.25. The highest BCUT2D eigenvalue weighted by Gasteiger charge is 2.16. The lowest BCUT2D eigenvalue weighted by Gasteiger charge is -2.24. The van der Waals surface area contributed by atoms with Crippen molar-refractivity contribution >= 4 is 11.6 Å². The number of nitrogens with one attached hydrogen (secondary N) is 1. The Bertz CT molecular complexity index is 564. The zero-order valence-electron chi connectivity index (χ0n) is 10.6. The number of halogens is 1. The van der Waals surface area contributed by atoms with Crippen LogP contribution < -0.4 is 5.32 Å². The molecule has 0 radical (unpaired) electrons. The second-order valence-electron chi connectivity index (χ2n) is 4.67. The van der Waals surface area contributed by atoms with E-state index in [1.165, 1.54) is 5.56 Å². The van der Waals surface area contributed by atoms with Crippen molar-refractivity contribution in [3.8, 4) is 11.1 Å². The Hall–Kier alpha value is -1.35. The van der Waals surface area contributed by atoms with E-state index in [1.807, 2.05) is 24.3 Å². The number of hydrogen-bond donors (Lipinski definition) is 1. The molecule has 1 saturated heterocycles. The van der Waals surface area contributed by atoms with Crippen LogP contribution in [0.25, 0.3) is 11.1 Å². The fourth-order valence-electron chi connectivity index (χ4n) is 2.38. The van der Waals surface area contributed by atoms with Crippen molar-refractivity contribution in [3.05, 3.63) is 59.1 Å². The van der Waals surface area contributed by atoms with Gasteiger partial charge in [0.25, 0.3) is 0 Å². The van der Waals surface area contributed by atoms with Crippen LogP contribution in [-0.4, -0.2) is 19.7 Å². The minimum absolute atomic E-state index is 0.135. The molecular weight excluding hydrogens is 258 g/mol. The second-order valence-corrected chi connectivity index (χ2v) is 5.08. The van der Waals surface area contributed by atoms with Gasteiger partial charge in [0.05, 0.1) is 12.7 Å². The monoisotopic (exact) mass is 273 g/mol. The lowest BCUT2D eigenvalue weighted by Crippen LogP contribution is -2.33. The Morgan fingerprint density at radius 1 is 1.11 bits per heavy atom. The highest BCUT2D eigenvalue weighted by Crippen LogP contribution is 2.30. The summed E-state index contributed by atoms with van der Waals surface area (Å²) in [5.41, 5.74) is 3.40. The van der Waals surface area contributed by atoms with Crippen LogP contribution in [0.5, 0.6) is 0 Å². The molecule has 0 amide bonds. The lowest BCUT2D eigenvalue weighted by atomic mass is 10.00. The van der Waals surface area contributed by atoms with Gasteiger partial charge in [0.1, 0.15) is 0 Å². The van der Waals surface area contributed by atoms with Gasteiger partial charge in [-0.05, 0) is 23.3 Å². The number of benzene rings is 2. The molecule has 1 atom stereocenters. The van der Waals surface area contributed by atoms with Crippen molar-refractivity contribution in [2.24, 2.45) is 0 Å². The molecule has 0 saturated carbocycles. The van der Waals surface area contributed by atoms with Gasteiger partial charge in [-0.3, -0.25) is 0 Å². The molecule has 1 N–H and O–H groups in total. The minimum atomic E-state index is 0.135. The maximum absolute atomic E-state index is 6.25. The number of hydrogen-bond acceptors (Lipinski definition) is 2. The van der Waals surface area contributed by atoms with E-state index in [4.69, 9.17) is 16.3 Å². The van der Waals surface area contributed by atoms with Crippen molar-refractivity contribution in [2.45, 2.75) is 6.10 Å². The highest BCUT2D eigenvalue weighted by molar-refractivity contribution is 6.33. The average molecular weight is 274 g/mol. The van der Waals surface area contributed by atoms with E-state index in [0.717, 1.165) is 35.8 Å². The Morgan fingerprint density at radius 2 is 2.00 bits per heavy atom. The first-order chi connectivity index (χ1) is 9.34. The molecule has 2 nitrogen and oxygen atoms in total. The lowest BCUT2D eigenvalue weighted by molar-refractivity contribution is 0.0277. The molecule has 0 spiro atoms. The van der Waals surface area contributed by atoms with Crippen molar-refractivity contribution in [2.75, 3.05) is 19.7 Å². The summed E-state index contributed by atoms with van der Waals surface area (Å²) in [4.78, 5) is 0. The Labute approximate surface area is 118 Å². The van der Waals surface area contributed by atoms with E-state index in [2.05, 4.69) is 29.6 Å². The van der Waals surface area contributed by atoms with Crippen molar-refractivity contribution in [3.63, 3.8) is 0 Å². The fourth-order valence-corrected chi connectivity index (χ4v) is 2.63. The predicted molar refractivity (Wildman–Crippen MR) is 78.5 cm³/mol. The van der Waals surface area contributed by atoms with Crippen molar-refractivity contribution < 1.29 is 4.74 Å². The van der Waals surface area contributed by atoms with E-state index < -0.39 is 0 Å². The number of ether oxygens (including phenoxy) is 1. The first kappa shape index (κ1) is 12.7. The number of morpholine rings is 1. The van der Waals surface area contributed by atoms with E-state index in [-0.39, 0.29) is 6.10 Å². The molecule has 3 rings (SSSR count). The third-order valence-corrected chi connectivity index (χ3v) is 3.70. The van der Waals surface area contributed by atoms with Crippen molar-refractivity contribution in [1.82, 2.24) is 5.32 Å². The summed E-state index contributed by atoms with van der Waals surface area (Å²) in [5.74, 6) is 0. The molecule has 1 aliphatic rings. The van der Waals surface area contributed by atoms with E-state index in [0.29, 0.717) is 0 Å². The molecule has 0 bridgehead atoms. The molecule has 0 aromatic heterocycles. The summed E-state index contributed by atoms with van der Waals surface area (Å²) in [6.45, 7) is 2.56. The van der Waals surface area contributed by atoms with Crippen LogP contribution in [0.3, 0.4) is 0 Å². The first-order valence-corrected chi connectivity index (χ1v) is 6.89. The van der Waals surface area contributed by atoms with Gasteiger partial charge in [-0.15, -0.1) is 0 Å². The van der Waals surface area contributed by atoms with E-state index >= 15 is 0 Å². The van der Waals surface area contributed by atoms with Crippen LogP contribution in [0.15, 0.2) is 48.5 Å². The Balaban J connectivity index is 1.93. The first-order valence-electron chi connectivity index (χ1n) is 6.52. The van der Waals surface area contributed by atoms with Gasteiger partial charge in [0.2, 0.25) is 0 Å². The summed E-state index contributed by atoms with van der Waals surface area (Å²) in [5, 5.41) is 4.13. The third kappa shape index (κ3) is 2.81. The molecule has 0 aliphatic carbocycles. The van der Waals surface area contributed by atoms with Crippen LogP contribution in [-0.2, 0) is 4.74 Å². The van der Waals surface area contributed by atoms with Gasteiger partial charge in [-0.2, -0.15) is 0 Å². The molecule has 2 aromatic rings. The largest absolute Gasteiger partial charge is 0.371 e. The summed E-state index contributed by atoms with van der Waals surface area (Å²) in [6, 6.07) is 16.3. The molecule has 19 heavy (non-hydrogen) atoms. The molecule has 1 unspecified atom stereocenters. The molecule has 2 aromatic carbocycles. The second kappa shape index (κ2) is 5.74. The van der Waals surface area contributed by atoms with Crippen LogP contribution >= 0.6 is 11.6 Å². The van der Waals surface area contributed by atoms with E-state index in [9.17, 15) is 0 Å². The topological polar surface area (TPSA) is 21.3 Å². The van der Waals surface area contributed by atoms with Crippen LogP contribution in [0, 0.1) is 0 Å². The van der Waals surface area contributed by atoms with Gasteiger partial charge in [-0.25, -0.2) is 0 Å². The highest BCUT2D eigenvalue weighted by atomic mass is 35.5. The molecule has 1 fully saturated rings. The molecular formula is C16H16ClNO. The average Bonchev–Trinajstić information content (AvgIpc) is 2.49. The maximum Gasteiger partial charge on any atom is 0.0950 e. The molecule has 3 heteroatoms. The molecule has 1 aliphatic heterocycles. The summed E-state index contributed by atoms with van der Waals surface area (Å²) in [7, 11) is 0. The number of rotatable bonds is 2. The van der Waals surface area contributed by atoms with E-state index in [1.54, 1.807) is 0 Å². The van der Waals surface area contributed by atoms with Gasteiger partial charge < -0.3 is 10.1 Å². The predicted octanol–water partition coefficient (Wildman–Crippen LogP) is 3.67. The third-order valence-electron chi connectivity index (χ3n) is 3.37. The molecule has 1 heterocycles. The summed E-state index contributed by atoms with van der Waals surface area (Å²) in [6.07, 6.45) is 0.135. The fraction of sp³-hybridized carbons (Fsp3) is 0.250. The molecule has 98 valence electrons. The smallest absolute Gasteiger partial charge is 0.0950 e. The van der Waals surface area contributed by atoms with Gasteiger partial charge in [0, 0.05) is 23.7 Å². The van der Waals surface area contributed by atoms with Crippen molar-refractivity contribution in [1.29, 1.82) is 0 Å². The summed E-state index contributed by atoms with van der Waals surface area (Å²) < 4.78 is 5.79. The van der Waals surface area contributed by atoms with Crippen LogP contribution in [0.2, 0.25) is 5.02 Å². The normalized spacial score (nSPS) is 19.3. The Morgan fingerprint density at radius 3 is 2.79 bits per heavy atom. The van der Waals surface area contributed by atoms with Gasteiger partial charge in [-0.1, -0.05) is 48.0 Å². The zero-order chi connectivity index (χ0) is 13.1. The van der Waals surface area contributed by atoms with Gasteiger partial charge in [0.15, 0.2) is 0 Å². The van der Waals surface area contributed by atoms with Crippen LogP contribution in [0.4, 0.5) is 0 Å². The zero-order valence-corrected chi connectivity index (χ0v) is 11.4. The van der Waals surface area contributed by atoms with Crippen LogP contribution in [0.1, 0.15) is 11.7 Å². The SMILES string of the molecule is Clc1ccccc1-c1cccc(C2CNCCO2)c1. The van der Waals surface area contributed by atoms with Gasteiger partial charge >= 0.3 is 0 Å². The Kier molecular flexibility index (Phi) is 3.83. The standard InChI is InChI=1S/C16H16ClNO/c17-15-7-2-1-6-14(15)12-4-3-5-13(10-12)16-11-18-8-9-19-16/h1-7,10,16,18H,8-9,11H2. The summed E-state index contributed by atoms with van der Waals surface area (Å²) >= 11 is 6.25. The quantitative estimate of drug-likeness (QED) is 0.901.